The minimum atomic E-state index is -1.11. The lowest BCUT2D eigenvalue weighted by Crippen LogP contribution is -2.44. The molecule has 0 saturated heterocycles. The van der Waals surface area contributed by atoms with Gasteiger partial charge in [-0.2, -0.15) is 0 Å². The highest BCUT2D eigenvalue weighted by atomic mass is 16.3. The number of aliphatic hydroxyl groups excluding tert-OH is 1. The van der Waals surface area contributed by atoms with Crippen LogP contribution in [0.25, 0.3) is 0 Å². The number of aliphatic hydroxyl groups is 2. The van der Waals surface area contributed by atoms with Gasteiger partial charge in [0.1, 0.15) is 0 Å². The topological polar surface area (TPSA) is 74.6 Å². The molecular weight excluding hydrogens is 232 g/mol. The SMILES string of the molecule is CC1=C[C@@](C)(O)[C@@H]2C[C@]2(C(=O)[C@H](C)[C@@H](C)O)C1=O. The van der Waals surface area contributed by atoms with Gasteiger partial charge in [0.15, 0.2) is 11.6 Å². The molecule has 0 unspecified atom stereocenters. The van der Waals surface area contributed by atoms with Crippen LogP contribution in [0.3, 0.4) is 0 Å². The van der Waals surface area contributed by atoms with Crippen molar-refractivity contribution in [3.63, 3.8) is 0 Å². The van der Waals surface area contributed by atoms with E-state index in [9.17, 15) is 19.8 Å². The summed E-state index contributed by atoms with van der Waals surface area (Å²) in [4.78, 5) is 24.7. The fourth-order valence-electron chi connectivity index (χ4n) is 3.19. The van der Waals surface area contributed by atoms with Crippen LogP contribution in [-0.4, -0.2) is 33.5 Å². The lowest BCUT2D eigenvalue weighted by molar-refractivity contribution is -0.140. The zero-order valence-corrected chi connectivity index (χ0v) is 11.2. The maximum absolute atomic E-state index is 12.4. The third-order valence-electron chi connectivity index (χ3n) is 4.52. The normalized spacial score (nSPS) is 41.8. The summed E-state index contributed by atoms with van der Waals surface area (Å²) >= 11 is 0. The van der Waals surface area contributed by atoms with Crippen LogP contribution in [0.5, 0.6) is 0 Å². The van der Waals surface area contributed by atoms with E-state index in [4.69, 9.17) is 0 Å². The summed E-state index contributed by atoms with van der Waals surface area (Å²) in [6.07, 6.45) is 1.16. The summed E-state index contributed by atoms with van der Waals surface area (Å²) < 4.78 is 0. The molecule has 0 amide bonds. The molecule has 0 radical (unpaired) electrons. The van der Waals surface area contributed by atoms with Crippen LogP contribution < -0.4 is 0 Å². The van der Waals surface area contributed by atoms with Gasteiger partial charge < -0.3 is 10.2 Å². The zero-order chi connectivity index (χ0) is 13.9. The molecule has 0 aromatic rings. The molecule has 18 heavy (non-hydrogen) atoms. The van der Waals surface area contributed by atoms with E-state index in [2.05, 4.69) is 0 Å². The first kappa shape index (κ1) is 13.4. The minimum absolute atomic E-state index is 0.184. The molecule has 2 aliphatic rings. The molecule has 0 aromatic carbocycles. The average Bonchev–Trinajstić information content (AvgIpc) is 3.01. The van der Waals surface area contributed by atoms with Crippen LogP contribution in [0, 0.1) is 17.3 Å². The second-order valence-electron chi connectivity index (χ2n) is 6.00. The number of ketones is 2. The molecule has 4 nitrogen and oxygen atoms in total. The van der Waals surface area contributed by atoms with E-state index in [0.717, 1.165) is 0 Å². The Morgan fingerprint density at radius 1 is 1.50 bits per heavy atom. The number of hydrogen-bond donors (Lipinski definition) is 2. The number of allylic oxidation sites excluding steroid dienone is 1. The Hall–Kier alpha value is -1.00. The maximum Gasteiger partial charge on any atom is 0.172 e. The van der Waals surface area contributed by atoms with Crippen molar-refractivity contribution in [1.29, 1.82) is 0 Å². The number of carbonyl (C=O) groups is 2. The first-order valence-corrected chi connectivity index (χ1v) is 6.33. The van der Waals surface area contributed by atoms with Crippen molar-refractivity contribution in [1.82, 2.24) is 0 Å². The highest BCUT2D eigenvalue weighted by Gasteiger charge is 2.72. The molecule has 1 fully saturated rings. The molecule has 0 spiro atoms. The summed E-state index contributed by atoms with van der Waals surface area (Å²) in [5, 5.41) is 19.8. The average molecular weight is 252 g/mol. The van der Waals surface area contributed by atoms with Crippen LogP contribution >= 0.6 is 0 Å². The molecule has 0 aliphatic heterocycles. The van der Waals surface area contributed by atoms with Gasteiger partial charge in [-0.3, -0.25) is 9.59 Å². The Labute approximate surface area is 107 Å². The van der Waals surface area contributed by atoms with Gasteiger partial charge in [0.2, 0.25) is 0 Å². The second kappa shape index (κ2) is 3.75. The summed E-state index contributed by atoms with van der Waals surface area (Å²) in [5.74, 6) is -1.34. The largest absolute Gasteiger partial charge is 0.393 e. The van der Waals surface area contributed by atoms with Crippen LogP contribution in [0.2, 0.25) is 0 Å². The van der Waals surface area contributed by atoms with E-state index in [0.29, 0.717) is 12.0 Å². The van der Waals surface area contributed by atoms with Gasteiger partial charge in [0.25, 0.3) is 0 Å². The van der Waals surface area contributed by atoms with Crippen molar-refractivity contribution in [2.75, 3.05) is 0 Å². The smallest absolute Gasteiger partial charge is 0.172 e. The number of hydrogen-bond acceptors (Lipinski definition) is 4. The molecule has 1 saturated carbocycles. The third-order valence-corrected chi connectivity index (χ3v) is 4.52. The maximum atomic E-state index is 12.4. The molecule has 2 aliphatic carbocycles. The molecule has 2 rings (SSSR count). The summed E-state index contributed by atoms with van der Waals surface area (Å²) in [6, 6.07) is 0. The zero-order valence-electron chi connectivity index (χ0n) is 11.2. The van der Waals surface area contributed by atoms with Gasteiger partial charge in [-0.05, 0) is 38.8 Å². The number of fused-ring (bicyclic) bond motifs is 1. The monoisotopic (exact) mass is 252 g/mol. The standard InChI is InChI=1S/C14H20O4/c1-7-5-13(4,18)10-6-14(10,11(7)16)12(17)8(2)9(3)15/h5,8-10,15,18H,6H2,1-4H3/t8-,9-,10+,13-,14-/m1/s1. The first-order valence-electron chi connectivity index (χ1n) is 6.33. The van der Waals surface area contributed by atoms with Crippen LogP contribution in [0.1, 0.15) is 34.1 Å². The van der Waals surface area contributed by atoms with Crippen molar-refractivity contribution >= 4 is 11.6 Å². The summed E-state index contributed by atoms with van der Waals surface area (Å²) in [7, 11) is 0. The van der Waals surface area contributed by atoms with Crippen molar-refractivity contribution in [2.45, 2.75) is 45.8 Å². The van der Waals surface area contributed by atoms with Gasteiger partial charge in [-0.25, -0.2) is 0 Å². The molecule has 2 N–H and O–H groups in total. The second-order valence-corrected chi connectivity index (χ2v) is 6.00. The molecule has 0 heterocycles. The Balaban J connectivity index is 2.38. The predicted molar refractivity (Wildman–Crippen MR) is 65.8 cm³/mol. The van der Waals surface area contributed by atoms with E-state index in [1.54, 1.807) is 33.8 Å². The van der Waals surface area contributed by atoms with Gasteiger partial charge in [0.05, 0.1) is 17.1 Å². The van der Waals surface area contributed by atoms with E-state index >= 15 is 0 Å². The Morgan fingerprint density at radius 3 is 2.56 bits per heavy atom. The molecule has 0 aromatic heterocycles. The molecule has 0 bridgehead atoms. The molecule has 4 heteroatoms. The van der Waals surface area contributed by atoms with Crippen LogP contribution in [0.15, 0.2) is 11.6 Å². The van der Waals surface area contributed by atoms with E-state index < -0.39 is 23.0 Å². The summed E-state index contributed by atoms with van der Waals surface area (Å²) in [5.41, 5.74) is -1.75. The lowest BCUT2D eigenvalue weighted by Gasteiger charge is -2.31. The van der Waals surface area contributed by atoms with Crippen LogP contribution in [-0.2, 0) is 9.59 Å². The Bertz CT molecular complexity index is 447. The highest BCUT2D eigenvalue weighted by Crippen LogP contribution is 2.63. The van der Waals surface area contributed by atoms with Gasteiger partial charge in [-0.15, -0.1) is 0 Å². The highest BCUT2D eigenvalue weighted by molar-refractivity contribution is 6.18. The lowest BCUT2D eigenvalue weighted by atomic mass is 9.74. The van der Waals surface area contributed by atoms with Gasteiger partial charge in [-0.1, -0.05) is 6.92 Å². The van der Waals surface area contributed by atoms with E-state index in [-0.39, 0.29) is 17.5 Å². The molecular formula is C14H20O4. The van der Waals surface area contributed by atoms with E-state index in [1.807, 2.05) is 0 Å². The number of Topliss-reactive ketones (excluding diaryl/α,β-unsaturated/α-hetero) is 2. The molecule has 100 valence electrons. The van der Waals surface area contributed by atoms with Crippen molar-refractivity contribution < 1.29 is 19.8 Å². The minimum Gasteiger partial charge on any atom is -0.393 e. The van der Waals surface area contributed by atoms with Crippen molar-refractivity contribution in [3.8, 4) is 0 Å². The fourth-order valence-corrected chi connectivity index (χ4v) is 3.19. The quantitative estimate of drug-likeness (QED) is 0.730. The van der Waals surface area contributed by atoms with Crippen molar-refractivity contribution in [2.24, 2.45) is 17.3 Å². The fraction of sp³-hybridized carbons (Fsp3) is 0.714. The third kappa shape index (κ3) is 1.59. The Kier molecular flexibility index (Phi) is 2.80. The summed E-state index contributed by atoms with van der Waals surface area (Å²) in [6.45, 7) is 6.45. The first-order chi connectivity index (χ1) is 8.14. The predicted octanol–water partition coefficient (Wildman–Crippen LogP) is 0.859. The Morgan fingerprint density at radius 2 is 2.06 bits per heavy atom. The van der Waals surface area contributed by atoms with Gasteiger partial charge in [0, 0.05) is 11.8 Å². The van der Waals surface area contributed by atoms with Crippen molar-refractivity contribution in [3.05, 3.63) is 11.6 Å². The number of rotatable bonds is 3. The number of carbonyl (C=O) groups excluding carboxylic acids is 2. The van der Waals surface area contributed by atoms with Crippen LogP contribution in [0.4, 0.5) is 0 Å². The van der Waals surface area contributed by atoms with E-state index in [1.165, 1.54) is 0 Å². The molecule has 5 atom stereocenters. The van der Waals surface area contributed by atoms with Gasteiger partial charge >= 0.3 is 0 Å².